The van der Waals surface area contributed by atoms with Crippen molar-refractivity contribution in [2.75, 3.05) is 6.61 Å². The number of hydrogen-bond acceptors (Lipinski definition) is 2. The minimum absolute atomic E-state index is 0.224. The van der Waals surface area contributed by atoms with Gasteiger partial charge >= 0.3 is 5.97 Å². The van der Waals surface area contributed by atoms with E-state index in [1.54, 1.807) is 0 Å². The van der Waals surface area contributed by atoms with E-state index >= 15 is 0 Å². The first-order valence-corrected chi connectivity index (χ1v) is 11.5. The van der Waals surface area contributed by atoms with Crippen LogP contribution in [0.1, 0.15) is 60.3 Å². The summed E-state index contributed by atoms with van der Waals surface area (Å²) in [5, 5.41) is 9.59. The van der Waals surface area contributed by atoms with Crippen LogP contribution in [0.2, 0.25) is 18.1 Å². The van der Waals surface area contributed by atoms with Crippen LogP contribution in [-0.4, -0.2) is 26.0 Å². The number of carboxylic acids is 1. The Bertz CT molecular complexity index is 432. The van der Waals surface area contributed by atoms with Crippen molar-refractivity contribution in [1.82, 2.24) is 0 Å². The van der Waals surface area contributed by atoms with Crippen LogP contribution in [0.25, 0.3) is 0 Å². The molecule has 2 atom stereocenters. The molecule has 0 bridgehead atoms. The lowest BCUT2D eigenvalue weighted by molar-refractivity contribution is -0.132. The fraction of sp³-hybridized carbons (Fsp3) is 0.833. The van der Waals surface area contributed by atoms with Crippen LogP contribution in [0, 0.1) is 11.8 Å². The van der Waals surface area contributed by atoms with Crippen molar-refractivity contribution < 1.29 is 14.3 Å². The van der Waals surface area contributed by atoms with Gasteiger partial charge in [0.15, 0.2) is 8.32 Å². The van der Waals surface area contributed by atoms with E-state index in [4.69, 9.17) is 4.43 Å². The lowest BCUT2D eigenvalue weighted by Gasteiger charge is -2.37. The second kappa shape index (κ2) is 7.31. The molecule has 1 rings (SSSR count). The van der Waals surface area contributed by atoms with Crippen molar-refractivity contribution in [2.24, 2.45) is 11.8 Å². The molecule has 128 valence electrons. The van der Waals surface area contributed by atoms with Crippen molar-refractivity contribution in [3.8, 4) is 0 Å². The minimum atomic E-state index is -1.73. The first kappa shape index (κ1) is 19.4. The lowest BCUT2D eigenvalue weighted by atomic mass is 9.95. The highest BCUT2D eigenvalue weighted by Gasteiger charge is 2.39. The van der Waals surface area contributed by atoms with Gasteiger partial charge in [-0.15, -0.1) is 0 Å². The van der Waals surface area contributed by atoms with Gasteiger partial charge in [-0.25, -0.2) is 4.79 Å². The molecule has 0 saturated heterocycles. The predicted octanol–water partition coefficient (Wildman–Crippen LogP) is 5.24. The van der Waals surface area contributed by atoms with Gasteiger partial charge in [-0.2, -0.15) is 0 Å². The van der Waals surface area contributed by atoms with Crippen molar-refractivity contribution in [2.45, 2.75) is 78.4 Å². The fourth-order valence-electron chi connectivity index (χ4n) is 3.05. The molecule has 1 saturated carbocycles. The van der Waals surface area contributed by atoms with Gasteiger partial charge in [-0.1, -0.05) is 46.6 Å². The third-order valence-electron chi connectivity index (χ3n) is 5.71. The van der Waals surface area contributed by atoms with Gasteiger partial charge in [-0.05, 0) is 49.2 Å². The molecule has 0 aromatic rings. The van der Waals surface area contributed by atoms with Gasteiger partial charge in [0.2, 0.25) is 0 Å². The van der Waals surface area contributed by atoms with Crippen LogP contribution < -0.4 is 0 Å². The normalized spacial score (nSPS) is 25.4. The molecule has 0 aromatic carbocycles. The Balaban J connectivity index is 2.82. The average molecular weight is 327 g/mol. The number of hydrogen-bond donors (Lipinski definition) is 1. The quantitative estimate of drug-likeness (QED) is 0.536. The molecule has 0 amide bonds. The first-order valence-electron chi connectivity index (χ1n) is 8.61. The second-order valence-corrected chi connectivity index (χ2v) is 13.0. The molecule has 1 N–H and O–H groups in total. The SMILES string of the molecule is CC/C(C(=O)O)=C1\C[C@@H](CC)[C@@H](CO[Si](C)(C)C(C)(C)C)C1. The van der Waals surface area contributed by atoms with Gasteiger partial charge in [0.25, 0.3) is 0 Å². The Morgan fingerprint density at radius 1 is 1.23 bits per heavy atom. The van der Waals surface area contributed by atoms with Crippen molar-refractivity contribution in [1.29, 1.82) is 0 Å². The molecular formula is C18H34O3Si. The van der Waals surface area contributed by atoms with Crippen molar-refractivity contribution >= 4 is 14.3 Å². The van der Waals surface area contributed by atoms with Gasteiger partial charge in [-0.3, -0.25) is 0 Å². The number of carbonyl (C=O) groups is 1. The van der Waals surface area contributed by atoms with Crippen LogP contribution in [0.4, 0.5) is 0 Å². The molecule has 3 nitrogen and oxygen atoms in total. The Hall–Kier alpha value is -0.613. The van der Waals surface area contributed by atoms with E-state index in [-0.39, 0.29) is 5.04 Å². The summed E-state index contributed by atoms with van der Waals surface area (Å²) in [4.78, 5) is 11.4. The van der Waals surface area contributed by atoms with E-state index in [0.717, 1.165) is 31.4 Å². The zero-order valence-corrected chi connectivity index (χ0v) is 16.5. The van der Waals surface area contributed by atoms with E-state index in [1.807, 2.05) is 6.92 Å². The average Bonchev–Trinajstić information content (AvgIpc) is 2.78. The predicted molar refractivity (Wildman–Crippen MR) is 94.6 cm³/mol. The lowest BCUT2D eigenvalue weighted by Crippen LogP contribution is -2.42. The molecule has 0 radical (unpaired) electrons. The molecule has 1 aliphatic rings. The second-order valence-electron chi connectivity index (χ2n) is 8.15. The van der Waals surface area contributed by atoms with Gasteiger partial charge in [0.05, 0.1) is 0 Å². The summed E-state index contributed by atoms with van der Waals surface area (Å²) in [5.41, 5.74) is 1.79. The van der Waals surface area contributed by atoms with Gasteiger partial charge in [0, 0.05) is 12.2 Å². The fourth-order valence-corrected chi connectivity index (χ4v) is 4.12. The Labute approximate surface area is 137 Å². The number of carboxylic acid groups (broad SMARTS) is 1. The smallest absolute Gasteiger partial charge is 0.331 e. The third-order valence-corrected chi connectivity index (χ3v) is 10.2. The topological polar surface area (TPSA) is 46.5 Å². The molecule has 0 heterocycles. The maximum Gasteiger partial charge on any atom is 0.331 e. The summed E-state index contributed by atoms with van der Waals surface area (Å²) >= 11 is 0. The maximum absolute atomic E-state index is 11.4. The highest BCUT2D eigenvalue weighted by molar-refractivity contribution is 6.74. The largest absolute Gasteiger partial charge is 0.478 e. The number of aliphatic carboxylic acids is 1. The molecular weight excluding hydrogens is 292 g/mol. The standard InChI is InChI=1S/C18H34O3Si/c1-8-13-10-14(16(9-2)17(19)20)11-15(13)12-21-22(6,7)18(3,4)5/h13,15H,8-12H2,1-7H3,(H,19,20)/b16-14-/t13-,15-/m1/s1. The summed E-state index contributed by atoms with van der Waals surface area (Å²) in [5.74, 6) is 0.314. The highest BCUT2D eigenvalue weighted by atomic mass is 28.4. The molecule has 22 heavy (non-hydrogen) atoms. The van der Waals surface area contributed by atoms with Gasteiger partial charge in [0.1, 0.15) is 0 Å². The molecule has 0 aromatic heterocycles. The third kappa shape index (κ3) is 4.45. The first-order chi connectivity index (χ1) is 10.0. The zero-order valence-electron chi connectivity index (χ0n) is 15.5. The van der Waals surface area contributed by atoms with E-state index in [1.165, 1.54) is 0 Å². The summed E-state index contributed by atoms with van der Waals surface area (Å²) in [6, 6.07) is 0. The van der Waals surface area contributed by atoms with Crippen LogP contribution in [0.3, 0.4) is 0 Å². The Morgan fingerprint density at radius 2 is 1.77 bits per heavy atom. The van der Waals surface area contributed by atoms with E-state index < -0.39 is 14.3 Å². The van der Waals surface area contributed by atoms with Crippen LogP contribution in [-0.2, 0) is 9.22 Å². The molecule has 1 fully saturated rings. The number of rotatable bonds is 6. The summed E-state index contributed by atoms with van der Waals surface area (Å²) in [6.45, 7) is 16.3. The van der Waals surface area contributed by atoms with E-state index in [9.17, 15) is 9.90 Å². The highest BCUT2D eigenvalue weighted by Crippen LogP contribution is 2.42. The molecule has 0 unspecified atom stereocenters. The zero-order chi connectivity index (χ0) is 17.1. The molecule has 0 aliphatic heterocycles. The molecule has 1 aliphatic carbocycles. The van der Waals surface area contributed by atoms with Crippen LogP contribution in [0.15, 0.2) is 11.1 Å². The summed E-state index contributed by atoms with van der Waals surface area (Å²) in [6.07, 6.45) is 3.57. The van der Waals surface area contributed by atoms with Crippen LogP contribution in [0.5, 0.6) is 0 Å². The van der Waals surface area contributed by atoms with Crippen molar-refractivity contribution in [3.05, 3.63) is 11.1 Å². The van der Waals surface area contributed by atoms with E-state index in [0.29, 0.717) is 23.8 Å². The minimum Gasteiger partial charge on any atom is -0.478 e. The number of allylic oxidation sites excluding steroid dienone is 1. The van der Waals surface area contributed by atoms with Crippen LogP contribution >= 0.6 is 0 Å². The van der Waals surface area contributed by atoms with Crippen molar-refractivity contribution in [3.63, 3.8) is 0 Å². The maximum atomic E-state index is 11.4. The van der Waals surface area contributed by atoms with Gasteiger partial charge < -0.3 is 9.53 Å². The van der Waals surface area contributed by atoms with E-state index in [2.05, 4.69) is 40.8 Å². The summed E-state index contributed by atoms with van der Waals surface area (Å²) < 4.78 is 6.40. The Morgan fingerprint density at radius 3 is 2.18 bits per heavy atom. The summed E-state index contributed by atoms with van der Waals surface area (Å²) in [7, 11) is -1.73. The molecule has 0 spiro atoms. The Kier molecular flexibility index (Phi) is 6.45. The monoisotopic (exact) mass is 326 g/mol. The molecule has 4 heteroatoms.